The van der Waals surface area contributed by atoms with Gasteiger partial charge in [-0.15, -0.1) is 0 Å². The van der Waals surface area contributed by atoms with Crippen molar-refractivity contribution in [2.75, 3.05) is 7.05 Å². The lowest BCUT2D eigenvalue weighted by molar-refractivity contribution is 0.163. The Morgan fingerprint density at radius 3 is 2.29 bits per heavy atom. The van der Waals surface area contributed by atoms with Crippen LogP contribution in [0.1, 0.15) is 81.9 Å². The summed E-state index contributed by atoms with van der Waals surface area (Å²) in [5.74, 6) is 1.64. The maximum Gasteiger partial charge on any atom is 0.0349 e. The molecule has 0 heterocycles. The van der Waals surface area contributed by atoms with Gasteiger partial charge in [-0.1, -0.05) is 44.5 Å². The van der Waals surface area contributed by atoms with Crippen LogP contribution >= 0.6 is 0 Å². The lowest BCUT2D eigenvalue weighted by Crippen LogP contribution is -2.32. The number of hydrogen-bond donors (Lipinski definition) is 1. The van der Waals surface area contributed by atoms with Gasteiger partial charge in [-0.25, -0.2) is 0 Å². The van der Waals surface area contributed by atoms with Gasteiger partial charge in [-0.3, -0.25) is 0 Å². The zero-order valence-electron chi connectivity index (χ0n) is 14.0. The topological polar surface area (TPSA) is 12.0 Å². The van der Waals surface area contributed by atoms with Gasteiger partial charge in [0.15, 0.2) is 0 Å². The molecule has 2 fully saturated rings. The molecule has 2 aliphatic rings. The Bertz CT molecular complexity index is 462. The summed E-state index contributed by atoms with van der Waals surface area (Å²) in [5, 5.41) is 3.66. The number of rotatable bonds is 4. The molecular weight excluding hydrogens is 254 g/mol. The van der Waals surface area contributed by atoms with Crippen LogP contribution in [0.25, 0.3) is 0 Å². The summed E-state index contributed by atoms with van der Waals surface area (Å²) in [6, 6.07) is 9.78. The summed E-state index contributed by atoms with van der Waals surface area (Å²) in [6.07, 6.45) is 9.70. The van der Waals surface area contributed by atoms with Crippen molar-refractivity contribution < 1.29 is 0 Å². The first-order valence-electron chi connectivity index (χ1n) is 8.87. The van der Waals surface area contributed by atoms with E-state index >= 15 is 0 Å². The van der Waals surface area contributed by atoms with Gasteiger partial charge in [0.05, 0.1) is 0 Å². The number of benzene rings is 1. The molecule has 0 aliphatic heterocycles. The SMILES string of the molecule is CNC(c1ccccc1C1CCC1)C1CCC(C)(C)CC1. The molecule has 1 aromatic carbocycles. The second-order valence-corrected chi connectivity index (χ2v) is 8.02. The molecule has 0 saturated heterocycles. The molecule has 1 unspecified atom stereocenters. The Labute approximate surface area is 130 Å². The third-order valence-electron chi connectivity index (χ3n) is 6.04. The maximum atomic E-state index is 3.66. The second-order valence-electron chi connectivity index (χ2n) is 8.02. The monoisotopic (exact) mass is 285 g/mol. The Morgan fingerprint density at radius 2 is 1.71 bits per heavy atom. The van der Waals surface area contributed by atoms with Crippen LogP contribution in [-0.4, -0.2) is 7.05 Å². The van der Waals surface area contributed by atoms with Crippen molar-refractivity contribution in [3.63, 3.8) is 0 Å². The van der Waals surface area contributed by atoms with Gasteiger partial charge < -0.3 is 5.32 Å². The quantitative estimate of drug-likeness (QED) is 0.777. The van der Waals surface area contributed by atoms with E-state index in [1.54, 1.807) is 11.1 Å². The van der Waals surface area contributed by atoms with Gasteiger partial charge >= 0.3 is 0 Å². The van der Waals surface area contributed by atoms with E-state index in [4.69, 9.17) is 0 Å². The molecule has 1 nitrogen and oxygen atoms in total. The minimum absolute atomic E-state index is 0.554. The molecule has 2 aliphatic carbocycles. The Hall–Kier alpha value is -0.820. The number of nitrogens with one attached hydrogen (secondary N) is 1. The highest BCUT2D eigenvalue weighted by Gasteiger charge is 2.33. The second kappa shape index (κ2) is 6.12. The fourth-order valence-corrected chi connectivity index (χ4v) is 4.29. The molecule has 1 N–H and O–H groups in total. The van der Waals surface area contributed by atoms with Crippen LogP contribution in [0.3, 0.4) is 0 Å². The Kier molecular flexibility index (Phi) is 4.40. The minimum atomic E-state index is 0.554. The molecular formula is C20H31N. The molecule has 0 spiro atoms. The molecule has 2 saturated carbocycles. The van der Waals surface area contributed by atoms with Crippen LogP contribution in [0.4, 0.5) is 0 Å². The van der Waals surface area contributed by atoms with Crippen molar-refractivity contribution in [2.24, 2.45) is 11.3 Å². The van der Waals surface area contributed by atoms with Gasteiger partial charge in [-0.2, -0.15) is 0 Å². The van der Waals surface area contributed by atoms with E-state index in [0.29, 0.717) is 11.5 Å². The first kappa shape index (κ1) is 15.1. The third kappa shape index (κ3) is 3.18. The highest BCUT2D eigenvalue weighted by Crippen LogP contribution is 2.45. The first-order chi connectivity index (χ1) is 10.1. The van der Waals surface area contributed by atoms with E-state index in [2.05, 4.69) is 50.5 Å². The predicted molar refractivity (Wildman–Crippen MR) is 90.6 cm³/mol. The van der Waals surface area contributed by atoms with E-state index < -0.39 is 0 Å². The van der Waals surface area contributed by atoms with Crippen LogP contribution in [0, 0.1) is 11.3 Å². The van der Waals surface area contributed by atoms with E-state index in [-0.39, 0.29) is 0 Å². The summed E-state index contributed by atoms with van der Waals surface area (Å²) >= 11 is 0. The normalized spacial score (nSPS) is 24.5. The molecule has 1 heteroatoms. The highest BCUT2D eigenvalue weighted by atomic mass is 14.9. The first-order valence-corrected chi connectivity index (χ1v) is 8.87. The molecule has 0 aromatic heterocycles. The van der Waals surface area contributed by atoms with Crippen molar-refractivity contribution in [2.45, 2.75) is 70.8 Å². The zero-order valence-corrected chi connectivity index (χ0v) is 14.0. The van der Waals surface area contributed by atoms with Crippen molar-refractivity contribution >= 4 is 0 Å². The Morgan fingerprint density at radius 1 is 1.05 bits per heavy atom. The molecule has 0 amide bonds. The molecule has 0 bridgehead atoms. The lowest BCUT2D eigenvalue weighted by atomic mass is 9.68. The summed E-state index contributed by atoms with van der Waals surface area (Å²) in [7, 11) is 2.15. The van der Waals surface area contributed by atoms with Crippen molar-refractivity contribution in [1.82, 2.24) is 5.32 Å². The molecule has 1 aromatic rings. The summed E-state index contributed by atoms with van der Waals surface area (Å²) < 4.78 is 0. The lowest BCUT2D eigenvalue weighted by Gasteiger charge is -2.39. The standard InChI is InChI=1S/C20H31N/c1-20(2)13-11-16(12-14-20)19(21-3)18-10-5-4-9-17(18)15-7-6-8-15/h4-5,9-10,15-16,19,21H,6-8,11-14H2,1-3H3. The predicted octanol–water partition coefficient (Wildman–Crippen LogP) is 5.43. The van der Waals surface area contributed by atoms with Crippen LogP contribution in [-0.2, 0) is 0 Å². The third-order valence-corrected chi connectivity index (χ3v) is 6.04. The van der Waals surface area contributed by atoms with Gasteiger partial charge in [0.1, 0.15) is 0 Å². The summed E-state index contributed by atoms with van der Waals surface area (Å²) in [5.41, 5.74) is 3.78. The average molecular weight is 285 g/mol. The van der Waals surface area contributed by atoms with Crippen molar-refractivity contribution in [1.29, 1.82) is 0 Å². The van der Waals surface area contributed by atoms with E-state index in [9.17, 15) is 0 Å². The van der Waals surface area contributed by atoms with Crippen molar-refractivity contribution in [3.05, 3.63) is 35.4 Å². The molecule has 3 rings (SSSR count). The number of hydrogen-bond acceptors (Lipinski definition) is 1. The van der Waals surface area contributed by atoms with Crippen LogP contribution < -0.4 is 5.32 Å². The van der Waals surface area contributed by atoms with E-state index in [1.165, 1.54) is 44.9 Å². The fraction of sp³-hybridized carbons (Fsp3) is 0.700. The molecule has 116 valence electrons. The molecule has 21 heavy (non-hydrogen) atoms. The average Bonchev–Trinajstić information content (AvgIpc) is 2.41. The van der Waals surface area contributed by atoms with Crippen LogP contribution in [0.2, 0.25) is 0 Å². The maximum absolute atomic E-state index is 3.66. The molecule has 1 atom stereocenters. The minimum Gasteiger partial charge on any atom is -0.313 e. The van der Waals surface area contributed by atoms with Gasteiger partial charge in [0.25, 0.3) is 0 Å². The summed E-state index contributed by atoms with van der Waals surface area (Å²) in [4.78, 5) is 0. The zero-order chi connectivity index (χ0) is 14.9. The highest BCUT2D eigenvalue weighted by molar-refractivity contribution is 5.34. The van der Waals surface area contributed by atoms with Gasteiger partial charge in [0, 0.05) is 6.04 Å². The smallest absolute Gasteiger partial charge is 0.0349 e. The largest absolute Gasteiger partial charge is 0.313 e. The van der Waals surface area contributed by atoms with E-state index in [0.717, 1.165) is 11.8 Å². The van der Waals surface area contributed by atoms with Crippen molar-refractivity contribution in [3.8, 4) is 0 Å². The van der Waals surface area contributed by atoms with Crippen LogP contribution in [0.5, 0.6) is 0 Å². The van der Waals surface area contributed by atoms with Gasteiger partial charge in [-0.05, 0) is 74.0 Å². The van der Waals surface area contributed by atoms with E-state index in [1.807, 2.05) is 0 Å². The Balaban J connectivity index is 1.80. The fourth-order valence-electron chi connectivity index (χ4n) is 4.29. The summed E-state index contributed by atoms with van der Waals surface area (Å²) in [6.45, 7) is 4.86. The van der Waals surface area contributed by atoms with Gasteiger partial charge in [0.2, 0.25) is 0 Å². The molecule has 0 radical (unpaired) electrons. The van der Waals surface area contributed by atoms with Crippen LogP contribution in [0.15, 0.2) is 24.3 Å².